The Balaban J connectivity index is 1.74. The molecule has 2 N–H and O–H groups in total. The van der Waals surface area contributed by atoms with Crippen molar-refractivity contribution in [2.75, 3.05) is 41.3 Å². The molecule has 0 saturated carbocycles. The quantitative estimate of drug-likeness (QED) is 0.845. The molecule has 28 heavy (non-hydrogen) atoms. The number of nitrogens with zero attached hydrogens (tertiary/aromatic N) is 3. The third-order valence-electron chi connectivity index (χ3n) is 4.78. The molecule has 0 bridgehead atoms. The zero-order chi connectivity index (χ0) is 20.3. The summed E-state index contributed by atoms with van der Waals surface area (Å²) in [6, 6.07) is 11.0. The van der Waals surface area contributed by atoms with Crippen LogP contribution in [-0.2, 0) is 4.79 Å². The third kappa shape index (κ3) is 4.42. The Hall–Kier alpha value is -3.09. The van der Waals surface area contributed by atoms with E-state index in [-0.39, 0.29) is 11.5 Å². The first kappa shape index (κ1) is 19.7. The van der Waals surface area contributed by atoms with E-state index in [9.17, 15) is 14.7 Å². The normalized spacial score (nSPS) is 14.7. The van der Waals surface area contributed by atoms with Crippen LogP contribution in [0.3, 0.4) is 0 Å². The highest BCUT2D eigenvalue weighted by atomic mass is 16.4. The molecule has 0 unspecified atom stereocenters. The van der Waals surface area contributed by atoms with Crippen LogP contribution in [0.25, 0.3) is 0 Å². The largest absolute Gasteiger partial charge is 0.478 e. The summed E-state index contributed by atoms with van der Waals surface area (Å²) >= 11 is 0. The standard InChI is InChI=1S/C21H26N4O3/c1-21(2,3)20(28)23-17-8-7-15(14-16(17)19(26)27)24-10-12-25(13-11-24)18-6-4-5-9-22-18/h4-9,14H,10-13H2,1-3H3,(H,23,28)(H,26,27). The summed E-state index contributed by atoms with van der Waals surface area (Å²) in [6.07, 6.45) is 1.78. The maximum absolute atomic E-state index is 12.2. The summed E-state index contributed by atoms with van der Waals surface area (Å²) < 4.78 is 0. The van der Waals surface area contributed by atoms with Crippen molar-refractivity contribution in [2.24, 2.45) is 5.41 Å². The van der Waals surface area contributed by atoms with Gasteiger partial charge in [0.1, 0.15) is 5.82 Å². The number of benzene rings is 1. The molecule has 1 aliphatic rings. The lowest BCUT2D eigenvalue weighted by atomic mass is 9.95. The topological polar surface area (TPSA) is 85.8 Å². The highest BCUT2D eigenvalue weighted by molar-refractivity contribution is 6.02. The van der Waals surface area contributed by atoms with E-state index < -0.39 is 11.4 Å². The lowest BCUT2D eigenvalue weighted by Crippen LogP contribution is -2.46. The van der Waals surface area contributed by atoms with Crippen LogP contribution in [0, 0.1) is 5.41 Å². The van der Waals surface area contributed by atoms with Gasteiger partial charge in [-0.25, -0.2) is 9.78 Å². The van der Waals surface area contributed by atoms with Crippen molar-refractivity contribution >= 4 is 29.1 Å². The summed E-state index contributed by atoms with van der Waals surface area (Å²) in [4.78, 5) is 32.7. The molecule has 0 radical (unpaired) electrons. The van der Waals surface area contributed by atoms with Gasteiger partial charge in [-0.05, 0) is 30.3 Å². The number of carboxylic acids is 1. The number of rotatable bonds is 4. The molecule has 1 fully saturated rings. The van der Waals surface area contributed by atoms with Crippen LogP contribution in [0.5, 0.6) is 0 Å². The van der Waals surface area contributed by atoms with Gasteiger partial charge in [-0.2, -0.15) is 0 Å². The van der Waals surface area contributed by atoms with Crippen molar-refractivity contribution in [2.45, 2.75) is 20.8 Å². The third-order valence-corrected chi connectivity index (χ3v) is 4.78. The number of aromatic nitrogens is 1. The van der Waals surface area contributed by atoms with E-state index in [0.717, 1.165) is 37.7 Å². The van der Waals surface area contributed by atoms with Gasteiger partial charge in [0.2, 0.25) is 5.91 Å². The summed E-state index contributed by atoms with van der Waals surface area (Å²) in [5, 5.41) is 12.3. The molecule has 0 aliphatic carbocycles. The van der Waals surface area contributed by atoms with E-state index in [1.54, 1.807) is 39.1 Å². The molecule has 1 aromatic carbocycles. The summed E-state index contributed by atoms with van der Waals surface area (Å²) in [7, 11) is 0. The SMILES string of the molecule is CC(C)(C)C(=O)Nc1ccc(N2CCN(c3ccccn3)CC2)cc1C(=O)O. The first-order valence-corrected chi connectivity index (χ1v) is 9.35. The lowest BCUT2D eigenvalue weighted by molar-refractivity contribution is -0.123. The van der Waals surface area contributed by atoms with Crippen LogP contribution in [0.1, 0.15) is 31.1 Å². The van der Waals surface area contributed by atoms with Gasteiger partial charge in [0.25, 0.3) is 0 Å². The molecular formula is C21H26N4O3. The number of pyridine rings is 1. The molecule has 0 atom stereocenters. The van der Waals surface area contributed by atoms with Gasteiger partial charge in [0.15, 0.2) is 0 Å². The van der Waals surface area contributed by atoms with E-state index in [1.165, 1.54) is 0 Å². The number of hydrogen-bond acceptors (Lipinski definition) is 5. The second-order valence-electron chi connectivity index (χ2n) is 7.90. The minimum Gasteiger partial charge on any atom is -0.478 e. The molecule has 7 nitrogen and oxygen atoms in total. The van der Waals surface area contributed by atoms with Gasteiger partial charge in [0, 0.05) is 43.5 Å². The molecule has 148 valence electrons. The molecule has 2 aromatic rings. The van der Waals surface area contributed by atoms with E-state index in [4.69, 9.17) is 0 Å². The summed E-state index contributed by atoms with van der Waals surface area (Å²) in [5.41, 5.74) is 0.661. The van der Waals surface area contributed by atoms with Crippen molar-refractivity contribution in [1.82, 2.24) is 4.98 Å². The van der Waals surface area contributed by atoms with Gasteiger partial charge in [-0.3, -0.25) is 4.79 Å². The van der Waals surface area contributed by atoms with E-state index in [0.29, 0.717) is 5.69 Å². The van der Waals surface area contributed by atoms with Gasteiger partial charge < -0.3 is 20.2 Å². The van der Waals surface area contributed by atoms with Crippen LogP contribution in [0.15, 0.2) is 42.6 Å². The number of carbonyl (C=O) groups excluding carboxylic acids is 1. The molecule has 1 saturated heterocycles. The van der Waals surface area contributed by atoms with Gasteiger partial charge in [0.05, 0.1) is 11.3 Å². The predicted molar refractivity (Wildman–Crippen MR) is 110 cm³/mol. The molecule has 3 rings (SSSR count). The molecular weight excluding hydrogens is 356 g/mol. The number of carbonyl (C=O) groups is 2. The predicted octanol–water partition coefficient (Wildman–Crippen LogP) is 3.09. The Labute approximate surface area is 165 Å². The number of amides is 1. The Morgan fingerprint density at radius 1 is 1.04 bits per heavy atom. The first-order valence-electron chi connectivity index (χ1n) is 9.35. The second kappa shape index (κ2) is 7.88. The van der Waals surface area contributed by atoms with Crippen molar-refractivity contribution in [3.63, 3.8) is 0 Å². The minimum atomic E-state index is -1.06. The van der Waals surface area contributed by atoms with Crippen LogP contribution >= 0.6 is 0 Å². The highest BCUT2D eigenvalue weighted by Gasteiger charge is 2.24. The number of carboxylic acid groups (broad SMARTS) is 1. The number of piperazine rings is 1. The Bertz CT molecular complexity index is 854. The average Bonchev–Trinajstić information content (AvgIpc) is 2.68. The van der Waals surface area contributed by atoms with Crippen molar-refractivity contribution in [3.8, 4) is 0 Å². The van der Waals surface area contributed by atoms with Crippen LogP contribution in [0.2, 0.25) is 0 Å². The zero-order valence-corrected chi connectivity index (χ0v) is 16.5. The molecule has 1 aromatic heterocycles. The average molecular weight is 382 g/mol. The van der Waals surface area contributed by atoms with E-state index >= 15 is 0 Å². The van der Waals surface area contributed by atoms with E-state index in [2.05, 4.69) is 20.1 Å². The van der Waals surface area contributed by atoms with E-state index in [1.807, 2.05) is 24.3 Å². The fraction of sp³-hybridized carbons (Fsp3) is 0.381. The Morgan fingerprint density at radius 2 is 1.71 bits per heavy atom. The van der Waals surface area contributed by atoms with Crippen LogP contribution < -0.4 is 15.1 Å². The fourth-order valence-corrected chi connectivity index (χ4v) is 3.06. The number of hydrogen-bond donors (Lipinski definition) is 2. The monoisotopic (exact) mass is 382 g/mol. The Morgan fingerprint density at radius 3 is 2.29 bits per heavy atom. The van der Waals surface area contributed by atoms with Gasteiger partial charge >= 0.3 is 5.97 Å². The maximum Gasteiger partial charge on any atom is 0.337 e. The number of aromatic carboxylic acids is 1. The molecule has 7 heteroatoms. The maximum atomic E-state index is 12.2. The van der Waals surface area contributed by atoms with Crippen molar-refractivity contribution < 1.29 is 14.7 Å². The Kier molecular flexibility index (Phi) is 5.53. The molecule has 1 aliphatic heterocycles. The number of anilines is 3. The lowest BCUT2D eigenvalue weighted by Gasteiger charge is -2.37. The smallest absolute Gasteiger partial charge is 0.337 e. The molecule has 0 spiro atoms. The van der Waals surface area contributed by atoms with Crippen LogP contribution in [-0.4, -0.2) is 48.1 Å². The highest BCUT2D eigenvalue weighted by Crippen LogP contribution is 2.27. The van der Waals surface area contributed by atoms with Crippen molar-refractivity contribution in [1.29, 1.82) is 0 Å². The van der Waals surface area contributed by atoms with Gasteiger partial charge in [-0.15, -0.1) is 0 Å². The number of nitrogens with one attached hydrogen (secondary N) is 1. The first-order chi connectivity index (χ1) is 13.3. The molecule has 1 amide bonds. The summed E-state index contributed by atoms with van der Waals surface area (Å²) in [6.45, 7) is 8.52. The van der Waals surface area contributed by atoms with Gasteiger partial charge in [-0.1, -0.05) is 26.8 Å². The molecule has 2 heterocycles. The van der Waals surface area contributed by atoms with Crippen LogP contribution in [0.4, 0.5) is 17.2 Å². The second-order valence-corrected chi connectivity index (χ2v) is 7.90. The fourth-order valence-electron chi connectivity index (χ4n) is 3.06. The van der Waals surface area contributed by atoms with Crippen molar-refractivity contribution in [3.05, 3.63) is 48.2 Å². The minimum absolute atomic E-state index is 0.0993. The zero-order valence-electron chi connectivity index (χ0n) is 16.5. The summed E-state index contributed by atoms with van der Waals surface area (Å²) in [5.74, 6) is -0.321.